The molecule has 0 atom stereocenters. The van der Waals surface area contributed by atoms with E-state index < -0.39 is 45.5 Å². The molecule has 3 rings (SSSR count). The molecule has 0 spiro atoms. The van der Waals surface area contributed by atoms with Crippen molar-refractivity contribution in [3.8, 4) is 5.88 Å². The summed E-state index contributed by atoms with van der Waals surface area (Å²) in [7, 11) is 0. The zero-order valence-corrected chi connectivity index (χ0v) is 19.1. The second-order valence-corrected chi connectivity index (χ2v) is 9.99. The molecule has 0 unspecified atom stereocenters. The Morgan fingerprint density at radius 2 is 1.53 bits per heavy atom. The van der Waals surface area contributed by atoms with Crippen LogP contribution in [0.4, 0.5) is 22.0 Å². The normalized spacial score (nSPS) is 14.9. The average Bonchev–Trinajstić information content (AvgIpc) is 3.35. The summed E-state index contributed by atoms with van der Waals surface area (Å²) in [5.41, 5.74) is -0.450. The number of halogens is 5. The van der Waals surface area contributed by atoms with E-state index in [1.54, 1.807) is 20.8 Å². The number of esters is 1. The largest absolute Gasteiger partial charge is 0.406 e. The van der Waals surface area contributed by atoms with E-state index in [4.69, 9.17) is 4.74 Å². The van der Waals surface area contributed by atoms with Crippen LogP contribution in [0.2, 0.25) is 0 Å². The number of hydrogen-bond donors (Lipinski definition) is 0. The number of aromatic nitrogens is 2. The Hall–Kier alpha value is -2.10. The first-order valence-corrected chi connectivity index (χ1v) is 11.2. The van der Waals surface area contributed by atoms with E-state index in [2.05, 4.69) is 5.10 Å². The number of benzene rings is 1. The molecule has 4 nitrogen and oxygen atoms in total. The van der Waals surface area contributed by atoms with Crippen molar-refractivity contribution in [1.82, 2.24) is 9.78 Å². The summed E-state index contributed by atoms with van der Waals surface area (Å²) in [6.45, 7) is 6.85. The van der Waals surface area contributed by atoms with E-state index in [0.29, 0.717) is 24.1 Å². The van der Waals surface area contributed by atoms with Crippen molar-refractivity contribution in [3.05, 3.63) is 34.8 Å². The van der Waals surface area contributed by atoms with Crippen molar-refractivity contribution in [2.75, 3.05) is 0 Å². The minimum atomic E-state index is -2.23. The summed E-state index contributed by atoms with van der Waals surface area (Å²) >= 11 is 0.296. The maximum Gasteiger partial charge on any atom is 0.312 e. The van der Waals surface area contributed by atoms with Crippen LogP contribution in [0.5, 0.6) is 5.88 Å². The third-order valence-electron chi connectivity index (χ3n) is 5.42. The van der Waals surface area contributed by atoms with Gasteiger partial charge < -0.3 is 4.74 Å². The SMILES string of the molecule is Cc1nn(C(C)(C)C)c(OC(=O)CCC2CCCC2)c1Sc1c(F)c(F)c(F)c(F)c1F. The highest BCUT2D eigenvalue weighted by Gasteiger charge is 2.32. The minimum Gasteiger partial charge on any atom is -0.406 e. The van der Waals surface area contributed by atoms with Gasteiger partial charge in [-0.2, -0.15) is 5.10 Å². The Kier molecular flexibility index (Phi) is 7.21. The molecule has 1 aromatic carbocycles. The maximum absolute atomic E-state index is 14.3. The molecule has 1 fully saturated rings. The molecule has 1 aliphatic carbocycles. The Balaban J connectivity index is 1.96. The Morgan fingerprint density at radius 3 is 2.06 bits per heavy atom. The number of nitrogens with zero attached hydrogens (tertiary/aromatic N) is 2. The highest BCUT2D eigenvalue weighted by molar-refractivity contribution is 7.99. The summed E-state index contributed by atoms with van der Waals surface area (Å²) in [4.78, 5) is 11.5. The lowest BCUT2D eigenvalue weighted by Gasteiger charge is -2.22. The Labute approximate surface area is 187 Å². The van der Waals surface area contributed by atoms with Crippen LogP contribution in [0.15, 0.2) is 9.79 Å². The van der Waals surface area contributed by atoms with Crippen LogP contribution in [0.3, 0.4) is 0 Å². The van der Waals surface area contributed by atoms with E-state index in [9.17, 15) is 26.7 Å². The van der Waals surface area contributed by atoms with Gasteiger partial charge in [-0.1, -0.05) is 37.4 Å². The third-order valence-corrected chi connectivity index (χ3v) is 6.65. The molecule has 1 saturated carbocycles. The lowest BCUT2D eigenvalue weighted by molar-refractivity contribution is -0.135. The zero-order valence-electron chi connectivity index (χ0n) is 18.3. The molecule has 1 aliphatic rings. The standard InChI is InChI=1S/C22H25F5N2O2S/c1-11-19(32-20-17(26)15(24)14(23)16(25)18(20)27)21(29(28-11)22(2,3)4)31-13(30)10-9-12-7-5-6-8-12/h12H,5-10H2,1-4H3. The third kappa shape index (κ3) is 4.94. The summed E-state index contributed by atoms with van der Waals surface area (Å²) in [6, 6.07) is 0. The predicted molar refractivity (Wildman–Crippen MR) is 109 cm³/mol. The topological polar surface area (TPSA) is 44.1 Å². The molecule has 2 aromatic rings. The monoisotopic (exact) mass is 476 g/mol. The van der Waals surface area contributed by atoms with Crippen molar-refractivity contribution >= 4 is 17.7 Å². The first-order valence-electron chi connectivity index (χ1n) is 10.4. The highest BCUT2D eigenvalue weighted by Crippen LogP contribution is 2.43. The quantitative estimate of drug-likeness (QED) is 0.202. The second-order valence-electron chi connectivity index (χ2n) is 8.97. The van der Waals surface area contributed by atoms with E-state index in [-0.39, 0.29) is 22.9 Å². The summed E-state index contributed by atoms with van der Waals surface area (Å²) in [5, 5.41) is 4.30. The molecule has 0 radical (unpaired) electrons. The van der Waals surface area contributed by atoms with Gasteiger partial charge >= 0.3 is 5.97 Å². The number of aryl methyl sites for hydroxylation is 1. The van der Waals surface area contributed by atoms with E-state index in [1.165, 1.54) is 11.6 Å². The van der Waals surface area contributed by atoms with Gasteiger partial charge in [0.2, 0.25) is 11.7 Å². The van der Waals surface area contributed by atoms with Crippen LogP contribution < -0.4 is 4.74 Å². The molecule has 0 aliphatic heterocycles. The van der Waals surface area contributed by atoms with Crippen LogP contribution in [0.1, 0.15) is 65.0 Å². The smallest absolute Gasteiger partial charge is 0.312 e. The molecule has 10 heteroatoms. The predicted octanol–water partition coefficient (Wildman–Crippen LogP) is 6.67. The Bertz CT molecular complexity index is 998. The molecule has 32 heavy (non-hydrogen) atoms. The van der Waals surface area contributed by atoms with E-state index in [0.717, 1.165) is 25.7 Å². The van der Waals surface area contributed by atoms with Crippen LogP contribution in [-0.4, -0.2) is 15.7 Å². The van der Waals surface area contributed by atoms with Crippen molar-refractivity contribution in [2.45, 2.75) is 81.5 Å². The number of carbonyl (C=O) groups is 1. The molecular formula is C22H25F5N2O2S. The number of hydrogen-bond acceptors (Lipinski definition) is 4. The first kappa shape index (κ1) is 24.5. The second kappa shape index (κ2) is 9.41. The fourth-order valence-electron chi connectivity index (χ4n) is 3.71. The molecule has 0 amide bonds. The number of rotatable bonds is 6. The van der Waals surface area contributed by atoms with Crippen LogP contribution in [0.25, 0.3) is 0 Å². The summed E-state index contributed by atoms with van der Waals surface area (Å²) < 4.78 is 76.3. The Morgan fingerprint density at radius 1 is 1.00 bits per heavy atom. The minimum absolute atomic E-state index is 0.0114. The number of ether oxygens (including phenoxy) is 1. The highest BCUT2D eigenvalue weighted by atomic mass is 32.2. The van der Waals surface area contributed by atoms with Crippen molar-refractivity contribution in [2.24, 2.45) is 5.92 Å². The van der Waals surface area contributed by atoms with Crippen LogP contribution in [0, 0.1) is 41.9 Å². The van der Waals surface area contributed by atoms with Gasteiger partial charge in [0, 0.05) is 6.42 Å². The summed E-state index contributed by atoms with van der Waals surface area (Å²) in [5.74, 6) is -10.4. The molecule has 0 bridgehead atoms. The van der Waals surface area contributed by atoms with Crippen LogP contribution >= 0.6 is 11.8 Å². The van der Waals surface area contributed by atoms with Gasteiger partial charge in [-0.05, 0) is 40.0 Å². The van der Waals surface area contributed by atoms with Gasteiger partial charge in [0.1, 0.15) is 0 Å². The van der Waals surface area contributed by atoms with Gasteiger partial charge in [0.15, 0.2) is 23.3 Å². The zero-order chi connectivity index (χ0) is 23.8. The van der Waals surface area contributed by atoms with Gasteiger partial charge in [0.25, 0.3) is 0 Å². The molecule has 1 aromatic heterocycles. The molecule has 0 saturated heterocycles. The van der Waals surface area contributed by atoms with Crippen LogP contribution in [-0.2, 0) is 10.3 Å². The van der Waals surface area contributed by atoms with E-state index >= 15 is 0 Å². The van der Waals surface area contributed by atoms with Gasteiger partial charge in [0.05, 0.1) is 21.0 Å². The van der Waals surface area contributed by atoms with E-state index in [1.807, 2.05) is 0 Å². The summed E-state index contributed by atoms with van der Waals surface area (Å²) in [6.07, 6.45) is 5.23. The lowest BCUT2D eigenvalue weighted by Crippen LogP contribution is -2.25. The molecule has 0 N–H and O–H groups in total. The van der Waals surface area contributed by atoms with Crippen molar-refractivity contribution < 1.29 is 31.5 Å². The van der Waals surface area contributed by atoms with Crippen molar-refractivity contribution in [3.63, 3.8) is 0 Å². The van der Waals surface area contributed by atoms with Gasteiger partial charge in [-0.15, -0.1) is 0 Å². The number of carbonyl (C=O) groups excluding carboxylic acids is 1. The van der Waals surface area contributed by atoms with Crippen molar-refractivity contribution in [1.29, 1.82) is 0 Å². The molecular weight excluding hydrogens is 451 g/mol. The average molecular weight is 477 g/mol. The maximum atomic E-state index is 14.3. The van der Waals surface area contributed by atoms with Gasteiger partial charge in [-0.25, -0.2) is 26.6 Å². The molecule has 1 heterocycles. The first-order chi connectivity index (χ1) is 14.9. The lowest BCUT2D eigenvalue weighted by atomic mass is 10.0. The fraction of sp³-hybridized carbons (Fsp3) is 0.545. The van der Waals surface area contributed by atoms with Gasteiger partial charge in [-0.3, -0.25) is 4.79 Å². The molecule has 176 valence electrons. The fourth-order valence-corrected chi connectivity index (χ4v) is 4.68.